The van der Waals surface area contributed by atoms with E-state index < -0.39 is 0 Å². The summed E-state index contributed by atoms with van der Waals surface area (Å²) >= 11 is 1.41. The van der Waals surface area contributed by atoms with Crippen molar-refractivity contribution in [3.8, 4) is 22.8 Å². The van der Waals surface area contributed by atoms with Gasteiger partial charge >= 0.3 is 0 Å². The Morgan fingerprint density at radius 1 is 1.18 bits per heavy atom. The summed E-state index contributed by atoms with van der Waals surface area (Å²) in [4.78, 5) is 12.8. The van der Waals surface area contributed by atoms with E-state index in [0.717, 1.165) is 42.3 Å². The van der Waals surface area contributed by atoms with Crippen LogP contribution in [0.5, 0.6) is 5.75 Å². The summed E-state index contributed by atoms with van der Waals surface area (Å²) < 4.78 is 13.0. The van der Waals surface area contributed by atoms with Crippen molar-refractivity contribution in [2.45, 2.75) is 56.0 Å². The maximum Gasteiger partial charge on any atom is 0.233 e. The summed E-state index contributed by atoms with van der Waals surface area (Å²) in [5.74, 6) is 1.79. The zero-order valence-electron chi connectivity index (χ0n) is 20.2. The third-order valence-electron chi connectivity index (χ3n) is 5.96. The Morgan fingerprint density at radius 2 is 1.94 bits per heavy atom. The minimum Gasteiger partial charge on any atom is -0.497 e. The molecule has 0 spiro atoms. The van der Waals surface area contributed by atoms with E-state index in [2.05, 4.69) is 46.1 Å². The second-order valence-corrected chi connectivity index (χ2v) is 10.0. The molecule has 1 fully saturated rings. The fourth-order valence-corrected chi connectivity index (χ4v) is 4.93. The molecule has 3 aromatic rings. The number of hydrogen-bond acceptors (Lipinski definition) is 6. The van der Waals surface area contributed by atoms with Gasteiger partial charge in [0, 0.05) is 18.7 Å². The smallest absolute Gasteiger partial charge is 0.233 e. The number of carbonyl (C=O) groups excluding carboxylic acids is 1. The van der Waals surface area contributed by atoms with Crippen molar-refractivity contribution < 1.29 is 14.3 Å². The highest BCUT2D eigenvalue weighted by molar-refractivity contribution is 8.00. The molecule has 2 atom stereocenters. The molecule has 0 radical (unpaired) electrons. The number of hydrogen-bond donors (Lipinski definition) is 1. The average Bonchev–Trinajstić information content (AvgIpc) is 3.52. The molecular weight excluding hydrogens is 448 g/mol. The van der Waals surface area contributed by atoms with Gasteiger partial charge < -0.3 is 14.8 Å². The Morgan fingerprint density at radius 3 is 2.62 bits per heavy atom. The molecule has 0 saturated carbocycles. The minimum absolute atomic E-state index is 0.0295. The van der Waals surface area contributed by atoms with Crippen LogP contribution in [0.2, 0.25) is 0 Å². The van der Waals surface area contributed by atoms with Gasteiger partial charge in [-0.25, -0.2) is 0 Å². The van der Waals surface area contributed by atoms with Crippen molar-refractivity contribution in [3.63, 3.8) is 0 Å². The van der Waals surface area contributed by atoms with Gasteiger partial charge in [0.15, 0.2) is 11.0 Å². The number of benzene rings is 2. The Bertz CT molecular complexity index is 1110. The van der Waals surface area contributed by atoms with Crippen LogP contribution in [-0.4, -0.2) is 52.3 Å². The molecule has 0 aliphatic carbocycles. The Hall–Kier alpha value is -2.84. The summed E-state index contributed by atoms with van der Waals surface area (Å²) in [6.45, 7) is 7.56. The van der Waals surface area contributed by atoms with Gasteiger partial charge in [-0.2, -0.15) is 0 Å². The van der Waals surface area contributed by atoms with Crippen molar-refractivity contribution in [2.75, 3.05) is 20.3 Å². The van der Waals surface area contributed by atoms with E-state index in [1.54, 1.807) is 7.11 Å². The van der Waals surface area contributed by atoms with Crippen LogP contribution in [0.4, 0.5) is 0 Å². The van der Waals surface area contributed by atoms with Crippen molar-refractivity contribution in [1.82, 2.24) is 20.1 Å². The van der Waals surface area contributed by atoms with Gasteiger partial charge in [-0.05, 0) is 61.6 Å². The van der Waals surface area contributed by atoms with E-state index >= 15 is 0 Å². The number of para-hydroxylation sites is 1. The summed E-state index contributed by atoms with van der Waals surface area (Å²) in [7, 11) is 1.65. The molecule has 0 bridgehead atoms. The molecule has 2 aromatic carbocycles. The fraction of sp³-hybridized carbons (Fsp3) is 0.423. The monoisotopic (exact) mass is 480 g/mol. The van der Waals surface area contributed by atoms with E-state index in [1.807, 2.05) is 43.3 Å². The van der Waals surface area contributed by atoms with Crippen LogP contribution >= 0.6 is 11.8 Å². The van der Waals surface area contributed by atoms with E-state index in [9.17, 15) is 4.79 Å². The van der Waals surface area contributed by atoms with Crippen LogP contribution in [-0.2, 0) is 9.53 Å². The van der Waals surface area contributed by atoms with E-state index in [1.165, 1.54) is 17.3 Å². The van der Waals surface area contributed by atoms with Gasteiger partial charge in [0.05, 0.1) is 24.2 Å². The van der Waals surface area contributed by atoms with Gasteiger partial charge in [-0.1, -0.05) is 43.8 Å². The highest BCUT2D eigenvalue weighted by Crippen LogP contribution is 2.34. The van der Waals surface area contributed by atoms with Crippen molar-refractivity contribution in [2.24, 2.45) is 0 Å². The molecule has 0 unspecified atom stereocenters. The number of ether oxygens (including phenoxy) is 2. The number of carbonyl (C=O) groups is 1. The largest absolute Gasteiger partial charge is 0.497 e. The predicted molar refractivity (Wildman–Crippen MR) is 135 cm³/mol. The van der Waals surface area contributed by atoms with Crippen LogP contribution in [0, 0.1) is 0 Å². The van der Waals surface area contributed by atoms with Crippen LogP contribution < -0.4 is 10.1 Å². The summed E-state index contributed by atoms with van der Waals surface area (Å²) in [6.07, 6.45) is 2.16. The van der Waals surface area contributed by atoms with E-state index in [-0.39, 0.29) is 17.3 Å². The lowest BCUT2D eigenvalue weighted by molar-refractivity contribution is -0.120. The third-order valence-corrected chi connectivity index (χ3v) is 7.00. The van der Waals surface area contributed by atoms with E-state index in [0.29, 0.717) is 17.6 Å². The topological polar surface area (TPSA) is 78.3 Å². The summed E-state index contributed by atoms with van der Waals surface area (Å²) in [5.41, 5.74) is 3.13. The Kier molecular flexibility index (Phi) is 7.90. The minimum atomic E-state index is -0.334. The number of aromatic nitrogens is 3. The molecule has 180 valence electrons. The molecule has 1 amide bonds. The Labute approximate surface area is 205 Å². The maximum atomic E-state index is 12.8. The third kappa shape index (κ3) is 5.45. The van der Waals surface area contributed by atoms with Gasteiger partial charge in [0.2, 0.25) is 5.91 Å². The summed E-state index contributed by atoms with van der Waals surface area (Å²) in [6, 6.07) is 16.1. The van der Waals surface area contributed by atoms with Crippen molar-refractivity contribution >= 4 is 17.7 Å². The van der Waals surface area contributed by atoms with Crippen molar-refractivity contribution in [3.05, 3.63) is 54.1 Å². The van der Waals surface area contributed by atoms with Crippen LogP contribution in [0.3, 0.4) is 0 Å². The predicted octanol–water partition coefficient (Wildman–Crippen LogP) is 4.84. The number of thioether (sulfide) groups is 1. The highest BCUT2D eigenvalue weighted by atomic mass is 32.2. The molecular formula is C26H32N4O3S. The van der Waals surface area contributed by atoms with Crippen LogP contribution in [0.25, 0.3) is 17.1 Å². The molecule has 2 heterocycles. The molecule has 4 rings (SSSR count). The van der Waals surface area contributed by atoms with Gasteiger partial charge in [-0.3, -0.25) is 9.36 Å². The quantitative estimate of drug-likeness (QED) is 0.442. The first-order valence-corrected chi connectivity index (χ1v) is 12.6. The van der Waals surface area contributed by atoms with Crippen molar-refractivity contribution in [1.29, 1.82) is 0 Å². The Balaban J connectivity index is 1.65. The van der Waals surface area contributed by atoms with Gasteiger partial charge in [0.1, 0.15) is 5.75 Å². The van der Waals surface area contributed by atoms with Gasteiger partial charge in [-0.15, -0.1) is 10.2 Å². The molecule has 7 nitrogen and oxygen atoms in total. The zero-order valence-corrected chi connectivity index (χ0v) is 21.0. The lowest BCUT2D eigenvalue weighted by Crippen LogP contribution is -2.36. The first-order chi connectivity index (χ1) is 16.5. The molecule has 34 heavy (non-hydrogen) atoms. The normalized spacial score (nSPS) is 16.6. The number of nitrogens with one attached hydrogen (secondary N) is 1. The van der Waals surface area contributed by atoms with Gasteiger partial charge in [0.25, 0.3) is 0 Å². The molecule has 1 aromatic heterocycles. The molecule has 1 aliphatic rings. The average molecular weight is 481 g/mol. The highest BCUT2D eigenvalue weighted by Gasteiger charge is 2.24. The first kappa shape index (κ1) is 24.3. The number of methoxy groups -OCH3 is 1. The molecule has 1 saturated heterocycles. The molecule has 1 aliphatic heterocycles. The standard InChI is InChI=1S/C26H32N4O3S/c1-17(2)22-9-5-6-10-23(22)30-24(19-11-13-20(32-4)14-12-19)28-29-26(30)34-18(3)25(31)27-16-21-8-7-15-33-21/h5-6,9-14,17-18,21H,7-8,15-16H2,1-4H3,(H,27,31)/t18-,21-/m0/s1. The molecule has 1 N–H and O–H groups in total. The SMILES string of the molecule is COc1ccc(-c2nnc(S[C@@H](C)C(=O)NC[C@@H]3CCCO3)n2-c2ccccc2C(C)C)cc1. The summed E-state index contributed by atoms with van der Waals surface area (Å²) in [5, 5.41) is 12.4. The zero-order chi connectivity index (χ0) is 24.1. The molecule has 8 heteroatoms. The first-order valence-electron chi connectivity index (χ1n) is 11.7. The van der Waals surface area contributed by atoms with E-state index in [4.69, 9.17) is 9.47 Å². The van der Waals surface area contributed by atoms with Crippen LogP contribution in [0.1, 0.15) is 45.1 Å². The van der Waals surface area contributed by atoms with Crippen LogP contribution in [0.15, 0.2) is 53.7 Å². The maximum absolute atomic E-state index is 12.8. The second kappa shape index (κ2) is 11.1. The number of nitrogens with zero attached hydrogens (tertiary/aromatic N) is 3. The number of amides is 1. The fourth-order valence-electron chi connectivity index (χ4n) is 4.05. The number of rotatable bonds is 9. The lowest BCUT2D eigenvalue weighted by Gasteiger charge is -2.18. The second-order valence-electron chi connectivity index (χ2n) is 8.72. The lowest BCUT2D eigenvalue weighted by atomic mass is 10.0.